The Morgan fingerprint density at radius 2 is 2.17 bits per heavy atom. The zero-order chi connectivity index (χ0) is 16.7. The van der Waals surface area contributed by atoms with Gasteiger partial charge in [0, 0.05) is 30.4 Å². The third-order valence-corrected chi connectivity index (χ3v) is 5.75. The van der Waals surface area contributed by atoms with Crippen molar-refractivity contribution in [1.82, 2.24) is 15.2 Å². The number of benzene rings is 1. The lowest BCUT2D eigenvalue weighted by Crippen LogP contribution is -2.42. The predicted octanol–water partition coefficient (Wildman–Crippen LogP) is 3.07. The lowest BCUT2D eigenvalue weighted by atomic mass is 9.80. The number of nitrogens with one attached hydrogen (secondary N) is 1. The van der Waals surface area contributed by atoms with Crippen LogP contribution in [0.5, 0.6) is 0 Å². The van der Waals surface area contributed by atoms with Crippen LogP contribution in [0.1, 0.15) is 40.9 Å². The molecule has 0 bridgehead atoms. The van der Waals surface area contributed by atoms with Crippen LogP contribution in [0.15, 0.2) is 24.3 Å². The van der Waals surface area contributed by atoms with Crippen LogP contribution in [0.3, 0.4) is 0 Å². The molecule has 2 aliphatic heterocycles. The third-order valence-electron chi connectivity index (χ3n) is 5.75. The fourth-order valence-electron chi connectivity index (χ4n) is 4.31. The number of amides is 1. The van der Waals surface area contributed by atoms with Gasteiger partial charge in [0.2, 0.25) is 0 Å². The predicted molar refractivity (Wildman–Crippen MR) is 96.3 cm³/mol. The maximum absolute atomic E-state index is 13.1. The highest BCUT2D eigenvalue weighted by Gasteiger charge is 2.41. The molecule has 0 saturated carbocycles. The standard InChI is InChI=1S/C20H25N3O/c1-14-5-3-6-16-11-17(15(2)22-18(14)16)19(24)23-10-8-20(13-23)7-4-9-21-12-20/h3,5-6,11,21H,4,7-10,12-13H2,1-2H3/t20-/m1/s1. The molecule has 0 radical (unpaired) electrons. The molecule has 0 unspecified atom stereocenters. The number of likely N-dealkylation sites (tertiary alicyclic amines) is 1. The van der Waals surface area contributed by atoms with E-state index >= 15 is 0 Å². The molecule has 2 saturated heterocycles. The fraction of sp³-hybridized carbons (Fsp3) is 0.500. The molecule has 4 rings (SSSR count). The second kappa shape index (κ2) is 5.85. The molecule has 1 spiro atoms. The molecule has 1 aromatic carbocycles. The van der Waals surface area contributed by atoms with E-state index < -0.39 is 0 Å². The Morgan fingerprint density at radius 3 is 2.96 bits per heavy atom. The van der Waals surface area contributed by atoms with E-state index in [1.807, 2.05) is 30.0 Å². The summed E-state index contributed by atoms with van der Waals surface area (Å²) in [5.74, 6) is 0.144. The molecular weight excluding hydrogens is 298 g/mol. The number of aryl methyl sites for hydroxylation is 2. The summed E-state index contributed by atoms with van der Waals surface area (Å²) in [4.78, 5) is 19.8. The molecule has 2 fully saturated rings. The SMILES string of the molecule is Cc1nc2c(C)cccc2cc1C(=O)N1CC[C@@]2(CCCNC2)C1. The first-order chi connectivity index (χ1) is 11.6. The maximum atomic E-state index is 13.1. The van der Waals surface area contributed by atoms with Gasteiger partial charge >= 0.3 is 0 Å². The molecule has 1 atom stereocenters. The average molecular weight is 323 g/mol. The van der Waals surface area contributed by atoms with Gasteiger partial charge in [0.25, 0.3) is 5.91 Å². The van der Waals surface area contributed by atoms with E-state index in [0.29, 0.717) is 5.41 Å². The molecule has 1 N–H and O–H groups in total. The van der Waals surface area contributed by atoms with Crippen molar-refractivity contribution in [3.05, 3.63) is 41.1 Å². The molecule has 2 aromatic rings. The molecule has 4 heteroatoms. The van der Waals surface area contributed by atoms with Crippen molar-refractivity contribution in [3.8, 4) is 0 Å². The Hall–Kier alpha value is -1.94. The number of piperidine rings is 1. The Labute approximate surface area is 143 Å². The van der Waals surface area contributed by atoms with Gasteiger partial charge < -0.3 is 10.2 Å². The first kappa shape index (κ1) is 15.6. The van der Waals surface area contributed by atoms with Gasteiger partial charge in [0.05, 0.1) is 16.8 Å². The van der Waals surface area contributed by atoms with E-state index in [-0.39, 0.29) is 5.91 Å². The minimum atomic E-state index is 0.144. The highest BCUT2D eigenvalue weighted by atomic mass is 16.2. The van der Waals surface area contributed by atoms with Gasteiger partial charge in [0.1, 0.15) is 0 Å². The molecule has 0 aliphatic carbocycles. The molecule has 1 aromatic heterocycles. The molecule has 126 valence electrons. The maximum Gasteiger partial charge on any atom is 0.255 e. The van der Waals surface area contributed by atoms with Crippen LogP contribution in [0, 0.1) is 19.3 Å². The summed E-state index contributed by atoms with van der Waals surface area (Å²) >= 11 is 0. The van der Waals surface area contributed by atoms with Crippen molar-refractivity contribution in [2.75, 3.05) is 26.2 Å². The molecule has 24 heavy (non-hydrogen) atoms. The van der Waals surface area contributed by atoms with Crippen LogP contribution in [0.25, 0.3) is 10.9 Å². The summed E-state index contributed by atoms with van der Waals surface area (Å²) in [6.45, 7) is 7.92. The number of carbonyl (C=O) groups is 1. The second-order valence-electron chi connectivity index (χ2n) is 7.53. The van der Waals surface area contributed by atoms with Gasteiger partial charge in [0.15, 0.2) is 0 Å². The van der Waals surface area contributed by atoms with Gasteiger partial charge in [-0.25, -0.2) is 0 Å². The number of pyridine rings is 1. The van der Waals surface area contributed by atoms with Crippen LogP contribution in [-0.4, -0.2) is 42.0 Å². The number of nitrogens with zero attached hydrogens (tertiary/aromatic N) is 2. The zero-order valence-electron chi connectivity index (χ0n) is 14.6. The highest BCUT2D eigenvalue weighted by Crippen LogP contribution is 2.37. The summed E-state index contributed by atoms with van der Waals surface area (Å²) in [5, 5.41) is 4.56. The largest absolute Gasteiger partial charge is 0.338 e. The lowest BCUT2D eigenvalue weighted by molar-refractivity contribution is 0.0763. The summed E-state index contributed by atoms with van der Waals surface area (Å²) in [7, 11) is 0. The van der Waals surface area contributed by atoms with E-state index in [9.17, 15) is 4.79 Å². The average Bonchev–Trinajstić information content (AvgIpc) is 2.99. The van der Waals surface area contributed by atoms with Gasteiger partial charge in [-0.15, -0.1) is 0 Å². The molecule has 1 amide bonds. The van der Waals surface area contributed by atoms with Crippen LogP contribution in [0.4, 0.5) is 0 Å². The summed E-state index contributed by atoms with van der Waals surface area (Å²) in [5.41, 5.74) is 4.05. The quantitative estimate of drug-likeness (QED) is 0.877. The molecule has 3 heterocycles. The Morgan fingerprint density at radius 1 is 1.29 bits per heavy atom. The first-order valence-electron chi connectivity index (χ1n) is 8.95. The number of hydrogen-bond donors (Lipinski definition) is 1. The first-order valence-corrected chi connectivity index (χ1v) is 8.95. The topological polar surface area (TPSA) is 45.2 Å². The van der Waals surface area contributed by atoms with Crippen molar-refractivity contribution >= 4 is 16.8 Å². The van der Waals surface area contributed by atoms with Crippen LogP contribution < -0.4 is 5.32 Å². The third kappa shape index (κ3) is 2.59. The van der Waals surface area contributed by atoms with E-state index in [2.05, 4.69) is 18.3 Å². The lowest BCUT2D eigenvalue weighted by Gasteiger charge is -2.33. The minimum absolute atomic E-state index is 0.144. The summed E-state index contributed by atoms with van der Waals surface area (Å²) in [6.07, 6.45) is 3.57. The van der Waals surface area contributed by atoms with Crippen molar-refractivity contribution in [2.24, 2.45) is 5.41 Å². The highest BCUT2D eigenvalue weighted by molar-refractivity contribution is 5.99. The molecular formula is C20H25N3O. The zero-order valence-corrected chi connectivity index (χ0v) is 14.6. The number of fused-ring (bicyclic) bond motifs is 1. The Bertz CT molecular complexity index is 793. The van der Waals surface area contributed by atoms with Crippen molar-refractivity contribution in [3.63, 3.8) is 0 Å². The number of aromatic nitrogens is 1. The second-order valence-corrected chi connectivity index (χ2v) is 7.53. The van der Waals surface area contributed by atoms with E-state index in [4.69, 9.17) is 4.98 Å². The van der Waals surface area contributed by atoms with Crippen molar-refractivity contribution < 1.29 is 4.79 Å². The van der Waals surface area contributed by atoms with Gasteiger partial charge in [-0.1, -0.05) is 18.2 Å². The normalized spacial score (nSPS) is 24.0. The van der Waals surface area contributed by atoms with Crippen LogP contribution in [-0.2, 0) is 0 Å². The Kier molecular flexibility index (Phi) is 3.80. The van der Waals surface area contributed by atoms with Crippen molar-refractivity contribution in [1.29, 1.82) is 0 Å². The number of carbonyl (C=O) groups excluding carboxylic acids is 1. The van der Waals surface area contributed by atoms with E-state index in [1.165, 1.54) is 12.8 Å². The number of para-hydroxylation sites is 1. The molecule has 2 aliphatic rings. The summed E-state index contributed by atoms with van der Waals surface area (Å²) < 4.78 is 0. The van der Waals surface area contributed by atoms with Crippen LogP contribution in [0.2, 0.25) is 0 Å². The monoisotopic (exact) mass is 323 g/mol. The smallest absolute Gasteiger partial charge is 0.255 e. The minimum Gasteiger partial charge on any atom is -0.338 e. The Balaban J connectivity index is 1.63. The van der Waals surface area contributed by atoms with Crippen LogP contribution >= 0.6 is 0 Å². The van der Waals surface area contributed by atoms with Gasteiger partial charge in [-0.3, -0.25) is 9.78 Å². The summed E-state index contributed by atoms with van der Waals surface area (Å²) in [6, 6.07) is 8.16. The fourth-order valence-corrected chi connectivity index (χ4v) is 4.31. The van der Waals surface area contributed by atoms with E-state index in [0.717, 1.165) is 60.3 Å². The van der Waals surface area contributed by atoms with Crippen molar-refractivity contribution in [2.45, 2.75) is 33.1 Å². The number of hydrogen-bond acceptors (Lipinski definition) is 3. The number of rotatable bonds is 1. The van der Waals surface area contributed by atoms with Gasteiger partial charge in [-0.05, 0) is 51.3 Å². The van der Waals surface area contributed by atoms with Gasteiger partial charge in [-0.2, -0.15) is 0 Å². The molecule has 4 nitrogen and oxygen atoms in total. The van der Waals surface area contributed by atoms with E-state index in [1.54, 1.807) is 0 Å².